The Bertz CT molecular complexity index is 556. The van der Waals surface area contributed by atoms with Gasteiger partial charge in [0.2, 0.25) is 0 Å². The van der Waals surface area contributed by atoms with E-state index in [2.05, 4.69) is 15.4 Å². The van der Waals surface area contributed by atoms with E-state index in [1.165, 1.54) is 18.5 Å². The normalized spacial score (nSPS) is 10.8. The molecule has 1 N–H and O–H groups in total. The zero-order valence-electron chi connectivity index (χ0n) is 11.8. The van der Waals surface area contributed by atoms with Gasteiger partial charge in [0.25, 0.3) is 0 Å². The average Bonchev–Trinajstić information content (AvgIpc) is 2.91. The van der Waals surface area contributed by atoms with Gasteiger partial charge in [-0.05, 0) is 31.7 Å². The summed E-state index contributed by atoms with van der Waals surface area (Å²) in [6.45, 7) is 6.45. The molecule has 0 aliphatic rings. The molecule has 0 bridgehead atoms. The summed E-state index contributed by atoms with van der Waals surface area (Å²) in [5.41, 5.74) is 0.800. The van der Waals surface area contributed by atoms with E-state index in [4.69, 9.17) is 4.74 Å². The molecule has 0 aliphatic heterocycles. The molecule has 0 unspecified atom stereocenters. The van der Waals surface area contributed by atoms with Gasteiger partial charge >= 0.3 is 0 Å². The molecule has 1 heterocycles. The average molecular weight is 278 g/mol. The second kappa shape index (κ2) is 7.00. The highest BCUT2D eigenvalue weighted by Gasteiger charge is 2.08. The van der Waals surface area contributed by atoms with Crippen LogP contribution in [0.15, 0.2) is 24.5 Å². The van der Waals surface area contributed by atoms with Crippen LogP contribution in [0.2, 0.25) is 0 Å². The second-order valence-electron chi connectivity index (χ2n) is 4.31. The largest absolute Gasteiger partial charge is 0.485 e. The fourth-order valence-electron chi connectivity index (χ4n) is 1.89. The predicted octanol–water partition coefficient (Wildman–Crippen LogP) is 2.13. The first-order valence-corrected chi connectivity index (χ1v) is 6.73. The molecule has 6 heteroatoms. The van der Waals surface area contributed by atoms with Crippen molar-refractivity contribution in [3.05, 3.63) is 41.7 Å². The topological polar surface area (TPSA) is 52.0 Å². The van der Waals surface area contributed by atoms with E-state index >= 15 is 0 Å². The number of aromatic nitrogens is 3. The Morgan fingerprint density at radius 2 is 2.20 bits per heavy atom. The van der Waals surface area contributed by atoms with E-state index < -0.39 is 0 Å². The van der Waals surface area contributed by atoms with Crippen molar-refractivity contribution in [2.24, 2.45) is 0 Å². The van der Waals surface area contributed by atoms with Crippen LogP contribution in [0.4, 0.5) is 4.39 Å². The maximum absolute atomic E-state index is 13.3. The standard InChI is InChI=1S/C14H19FN4O/c1-3-16-8-11-7-12(15)5-6-13(11)20-9-14-17-10-18-19(14)4-2/h5-7,10,16H,3-4,8-9H2,1-2H3. The summed E-state index contributed by atoms with van der Waals surface area (Å²) in [6, 6.07) is 4.53. The molecule has 0 amide bonds. The first-order chi connectivity index (χ1) is 9.74. The zero-order chi connectivity index (χ0) is 14.4. The summed E-state index contributed by atoms with van der Waals surface area (Å²) >= 11 is 0. The van der Waals surface area contributed by atoms with Gasteiger partial charge in [-0.3, -0.25) is 0 Å². The molecule has 0 fully saturated rings. The number of benzene rings is 1. The lowest BCUT2D eigenvalue weighted by Crippen LogP contribution is -2.14. The van der Waals surface area contributed by atoms with Crippen molar-refractivity contribution < 1.29 is 9.13 Å². The number of ether oxygens (including phenoxy) is 1. The summed E-state index contributed by atoms with van der Waals surface area (Å²) in [6.07, 6.45) is 1.51. The molecule has 108 valence electrons. The zero-order valence-corrected chi connectivity index (χ0v) is 11.8. The van der Waals surface area contributed by atoms with Gasteiger partial charge in [0, 0.05) is 18.7 Å². The Morgan fingerprint density at radius 1 is 1.35 bits per heavy atom. The van der Waals surface area contributed by atoms with Gasteiger partial charge in [-0.25, -0.2) is 14.1 Å². The van der Waals surface area contributed by atoms with E-state index in [1.54, 1.807) is 10.7 Å². The Morgan fingerprint density at radius 3 is 2.95 bits per heavy atom. The molecule has 0 spiro atoms. The Hall–Kier alpha value is -1.95. The molecule has 0 aliphatic carbocycles. The van der Waals surface area contributed by atoms with Crippen molar-refractivity contribution in [2.45, 2.75) is 33.5 Å². The Kier molecular flexibility index (Phi) is 5.06. The van der Waals surface area contributed by atoms with E-state index in [1.807, 2.05) is 13.8 Å². The summed E-state index contributed by atoms with van der Waals surface area (Å²) in [4.78, 5) is 4.15. The van der Waals surface area contributed by atoms with Crippen molar-refractivity contribution in [1.82, 2.24) is 20.1 Å². The first-order valence-electron chi connectivity index (χ1n) is 6.73. The third kappa shape index (κ3) is 3.54. The molecular weight excluding hydrogens is 259 g/mol. The second-order valence-corrected chi connectivity index (χ2v) is 4.31. The van der Waals surface area contributed by atoms with Gasteiger partial charge in [0.15, 0.2) is 5.82 Å². The van der Waals surface area contributed by atoms with E-state index in [0.717, 1.165) is 24.5 Å². The van der Waals surface area contributed by atoms with Crippen LogP contribution in [0, 0.1) is 5.82 Å². The number of halogens is 1. The maximum Gasteiger partial charge on any atom is 0.164 e. The van der Waals surface area contributed by atoms with Crippen LogP contribution in [0.5, 0.6) is 5.75 Å². The molecule has 5 nitrogen and oxygen atoms in total. The van der Waals surface area contributed by atoms with Gasteiger partial charge in [-0.15, -0.1) is 0 Å². The lowest BCUT2D eigenvalue weighted by atomic mass is 10.2. The van der Waals surface area contributed by atoms with Crippen LogP contribution in [0.3, 0.4) is 0 Å². The highest BCUT2D eigenvalue weighted by molar-refractivity contribution is 5.34. The molecule has 1 aromatic heterocycles. The first kappa shape index (κ1) is 14.5. The number of hydrogen-bond donors (Lipinski definition) is 1. The van der Waals surface area contributed by atoms with Crippen LogP contribution in [0.1, 0.15) is 25.2 Å². The van der Waals surface area contributed by atoms with Crippen molar-refractivity contribution in [2.75, 3.05) is 6.54 Å². The van der Waals surface area contributed by atoms with Gasteiger partial charge in [-0.1, -0.05) is 6.92 Å². The molecule has 0 radical (unpaired) electrons. The minimum Gasteiger partial charge on any atom is -0.485 e. The minimum absolute atomic E-state index is 0.262. The van der Waals surface area contributed by atoms with Gasteiger partial charge in [0.1, 0.15) is 24.5 Å². The fourth-order valence-corrected chi connectivity index (χ4v) is 1.89. The number of nitrogens with zero attached hydrogens (tertiary/aromatic N) is 3. The van der Waals surface area contributed by atoms with E-state index in [9.17, 15) is 4.39 Å². The lowest BCUT2D eigenvalue weighted by molar-refractivity contribution is 0.283. The number of rotatable bonds is 7. The van der Waals surface area contributed by atoms with Crippen molar-refractivity contribution >= 4 is 0 Å². The molecule has 0 saturated heterocycles. The minimum atomic E-state index is -0.262. The van der Waals surface area contributed by atoms with Crippen LogP contribution >= 0.6 is 0 Å². The molecule has 2 aromatic rings. The monoisotopic (exact) mass is 278 g/mol. The Balaban J connectivity index is 2.08. The molecule has 20 heavy (non-hydrogen) atoms. The van der Waals surface area contributed by atoms with Crippen molar-refractivity contribution in [1.29, 1.82) is 0 Å². The summed E-state index contributed by atoms with van der Waals surface area (Å²) in [7, 11) is 0. The molecule has 1 aromatic carbocycles. The SMILES string of the molecule is CCNCc1cc(F)ccc1OCc1ncnn1CC. The van der Waals surface area contributed by atoms with Gasteiger partial charge in [-0.2, -0.15) is 5.10 Å². The highest BCUT2D eigenvalue weighted by atomic mass is 19.1. The van der Waals surface area contributed by atoms with E-state index in [0.29, 0.717) is 18.9 Å². The number of nitrogens with one attached hydrogen (secondary N) is 1. The van der Waals surface area contributed by atoms with E-state index in [-0.39, 0.29) is 5.82 Å². The fraction of sp³-hybridized carbons (Fsp3) is 0.429. The van der Waals surface area contributed by atoms with Crippen molar-refractivity contribution in [3.8, 4) is 5.75 Å². The summed E-state index contributed by atoms with van der Waals surface area (Å²) < 4.78 is 20.8. The lowest BCUT2D eigenvalue weighted by Gasteiger charge is -2.12. The molecule has 0 saturated carbocycles. The Labute approximate surface area is 117 Å². The molecular formula is C14H19FN4O. The predicted molar refractivity (Wildman–Crippen MR) is 73.8 cm³/mol. The summed E-state index contributed by atoms with van der Waals surface area (Å²) in [5, 5.41) is 7.25. The third-order valence-electron chi connectivity index (χ3n) is 2.94. The van der Waals surface area contributed by atoms with Crippen LogP contribution < -0.4 is 10.1 Å². The van der Waals surface area contributed by atoms with Crippen LogP contribution in [-0.4, -0.2) is 21.3 Å². The third-order valence-corrected chi connectivity index (χ3v) is 2.94. The van der Waals surface area contributed by atoms with Crippen molar-refractivity contribution in [3.63, 3.8) is 0 Å². The molecule has 0 atom stereocenters. The summed E-state index contributed by atoms with van der Waals surface area (Å²) in [5.74, 6) is 1.16. The highest BCUT2D eigenvalue weighted by Crippen LogP contribution is 2.20. The number of aryl methyl sites for hydroxylation is 1. The maximum atomic E-state index is 13.3. The van der Waals surface area contributed by atoms with Gasteiger partial charge in [0.05, 0.1) is 0 Å². The number of hydrogen-bond acceptors (Lipinski definition) is 4. The van der Waals surface area contributed by atoms with Crippen LogP contribution in [0.25, 0.3) is 0 Å². The molecule has 2 rings (SSSR count). The van der Waals surface area contributed by atoms with Crippen LogP contribution in [-0.2, 0) is 19.7 Å². The quantitative estimate of drug-likeness (QED) is 0.843. The van der Waals surface area contributed by atoms with Gasteiger partial charge < -0.3 is 10.1 Å². The smallest absolute Gasteiger partial charge is 0.164 e.